The van der Waals surface area contributed by atoms with Crippen LogP contribution >= 0.6 is 0 Å². The van der Waals surface area contributed by atoms with Crippen molar-refractivity contribution in [3.05, 3.63) is 59.2 Å². The molecule has 0 radical (unpaired) electrons. The maximum Gasteiger partial charge on any atom is 0.108 e. The van der Waals surface area contributed by atoms with E-state index in [2.05, 4.69) is 93.8 Å². The highest BCUT2D eigenvalue weighted by atomic mass is 16.5. The van der Waals surface area contributed by atoms with Gasteiger partial charge in [0.25, 0.3) is 0 Å². The zero-order chi connectivity index (χ0) is 23.3. The van der Waals surface area contributed by atoms with E-state index in [1.807, 2.05) is 0 Å². The molecule has 0 aromatic heterocycles. The molecule has 2 aromatic rings. The SMILES string of the molecule is CCCCN(CCCC)c1ccc(C(OCCC)c2ccc(N(CC)CC)cc2)c(C)c1. The first kappa shape index (κ1) is 26.3. The highest BCUT2D eigenvalue weighted by Crippen LogP contribution is 2.32. The van der Waals surface area contributed by atoms with Crippen LogP contribution in [0.4, 0.5) is 11.4 Å². The summed E-state index contributed by atoms with van der Waals surface area (Å²) in [5, 5.41) is 0. The molecule has 0 bridgehead atoms. The zero-order valence-corrected chi connectivity index (χ0v) is 21.5. The van der Waals surface area contributed by atoms with Crippen molar-refractivity contribution in [3.8, 4) is 0 Å². The van der Waals surface area contributed by atoms with Gasteiger partial charge in [-0.25, -0.2) is 0 Å². The molecule has 0 saturated carbocycles. The van der Waals surface area contributed by atoms with Gasteiger partial charge in [-0.3, -0.25) is 0 Å². The molecule has 2 rings (SSSR count). The quantitative estimate of drug-likeness (QED) is 0.282. The van der Waals surface area contributed by atoms with Crippen molar-refractivity contribution in [1.82, 2.24) is 0 Å². The Labute approximate surface area is 197 Å². The first-order valence-electron chi connectivity index (χ1n) is 12.9. The fourth-order valence-corrected chi connectivity index (χ4v) is 4.27. The van der Waals surface area contributed by atoms with Gasteiger partial charge >= 0.3 is 0 Å². The van der Waals surface area contributed by atoms with Crippen LogP contribution in [0.5, 0.6) is 0 Å². The van der Waals surface area contributed by atoms with Crippen LogP contribution in [0.25, 0.3) is 0 Å². The maximum atomic E-state index is 6.40. The topological polar surface area (TPSA) is 15.7 Å². The molecule has 3 heteroatoms. The highest BCUT2D eigenvalue weighted by Gasteiger charge is 2.18. The average molecular weight is 439 g/mol. The molecule has 0 aliphatic heterocycles. The normalized spacial score (nSPS) is 12.1. The lowest BCUT2D eigenvalue weighted by Crippen LogP contribution is -2.25. The second-order valence-corrected chi connectivity index (χ2v) is 8.75. The monoisotopic (exact) mass is 438 g/mol. The van der Waals surface area contributed by atoms with Crippen molar-refractivity contribution in [2.75, 3.05) is 42.6 Å². The molecule has 0 fully saturated rings. The molecule has 0 aliphatic rings. The Bertz CT molecular complexity index is 759. The van der Waals surface area contributed by atoms with Crippen LogP contribution in [0.3, 0.4) is 0 Å². The molecule has 3 nitrogen and oxygen atoms in total. The molecule has 32 heavy (non-hydrogen) atoms. The van der Waals surface area contributed by atoms with Gasteiger partial charge in [-0.05, 0) is 81.0 Å². The van der Waals surface area contributed by atoms with Crippen molar-refractivity contribution in [3.63, 3.8) is 0 Å². The number of unbranched alkanes of at least 4 members (excludes halogenated alkanes) is 2. The van der Waals surface area contributed by atoms with Crippen LogP contribution in [0, 0.1) is 6.92 Å². The Morgan fingerprint density at radius 3 is 1.81 bits per heavy atom. The van der Waals surface area contributed by atoms with Crippen molar-refractivity contribution >= 4 is 11.4 Å². The van der Waals surface area contributed by atoms with Crippen LogP contribution in [0.15, 0.2) is 42.5 Å². The lowest BCUT2D eigenvalue weighted by molar-refractivity contribution is 0.0802. The zero-order valence-electron chi connectivity index (χ0n) is 21.5. The van der Waals surface area contributed by atoms with E-state index in [4.69, 9.17) is 4.74 Å². The number of rotatable bonds is 15. The van der Waals surface area contributed by atoms with E-state index in [0.29, 0.717) is 0 Å². The predicted octanol–water partition coefficient (Wildman–Crippen LogP) is 7.76. The fourth-order valence-electron chi connectivity index (χ4n) is 4.27. The summed E-state index contributed by atoms with van der Waals surface area (Å²) in [5.74, 6) is 0. The maximum absolute atomic E-state index is 6.40. The van der Waals surface area contributed by atoms with E-state index in [9.17, 15) is 0 Å². The van der Waals surface area contributed by atoms with Gasteiger partial charge in [0.1, 0.15) is 6.10 Å². The number of nitrogens with zero attached hydrogens (tertiary/aromatic N) is 2. The Hall–Kier alpha value is -2.00. The van der Waals surface area contributed by atoms with Crippen molar-refractivity contribution < 1.29 is 4.74 Å². The second kappa shape index (κ2) is 14.2. The first-order chi connectivity index (χ1) is 15.6. The van der Waals surface area contributed by atoms with E-state index < -0.39 is 0 Å². The predicted molar refractivity (Wildman–Crippen MR) is 141 cm³/mol. The third-order valence-electron chi connectivity index (χ3n) is 6.28. The fraction of sp³-hybridized carbons (Fsp3) is 0.586. The second-order valence-electron chi connectivity index (χ2n) is 8.75. The minimum atomic E-state index is -0.0190. The third kappa shape index (κ3) is 7.27. The van der Waals surface area contributed by atoms with Crippen LogP contribution in [0.2, 0.25) is 0 Å². The van der Waals surface area contributed by atoms with Crippen LogP contribution in [0.1, 0.15) is 89.5 Å². The average Bonchev–Trinajstić information content (AvgIpc) is 2.82. The molecule has 178 valence electrons. The largest absolute Gasteiger partial charge is 0.372 e. The summed E-state index contributed by atoms with van der Waals surface area (Å²) < 4.78 is 6.40. The van der Waals surface area contributed by atoms with E-state index in [0.717, 1.165) is 39.2 Å². The summed E-state index contributed by atoms with van der Waals surface area (Å²) >= 11 is 0. The number of ether oxygens (including phenoxy) is 1. The molecule has 0 N–H and O–H groups in total. The Balaban J connectivity index is 2.32. The van der Waals surface area contributed by atoms with Gasteiger partial charge in [0.2, 0.25) is 0 Å². The van der Waals surface area contributed by atoms with E-state index >= 15 is 0 Å². The number of benzene rings is 2. The van der Waals surface area contributed by atoms with Crippen molar-refractivity contribution in [2.24, 2.45) is 0 Å². The number of anilines is 2. The summed E-state index contributed by atoms with van der Waals surface area (Å²) in [7, 11) is 0. The summed E-state index contributed by atoms with van der Waals surface area (Å²) in [6, 6.07) is 15.9. The molecule has 0 amide bonds. The van der Waals surface area contributed by atoms with E-state index in [1.165, 1.54) is 53.7 Å². The molecule has 0 spiro atoms. The molecule has 0 saturated heterocycles. The minimum absolute atomic E-state index is 0.0190. The van der Waals surface area contributed by atoms with Crippen LogP contribution < -0.4 is 9.80 Å². The molecule has 0 heterocycles. The number of aryl methyl sites for hydroxylation is 1. The Kier molecular flexibility index (Phi) is 11.7. The summed E-state index contributed by atoms with van der Waals surface area (Å²) in [6.07, 6.45) is 5.95. The molecule has 2 aromatic carbocycles. The summed E-state index contributed by atoms with van der Waals surface area (Å²) in [6.45, 7) is 18.5. The van der Waals surface area contributed by atoms with Crippen LogP contribution in [-0.4, -0.2) is 32.8 Å². The van der Waals surface area contributed by atoms with Crippen molar-refractivity contribution in [1.29, 1.82) is 0 Å². The van der Waals surface area contributed by atoms with Gasteiger partial charge < -0.3 is 14.5 Å². The smallest absolute Gasteiger partial charge is 0.108 e. The molecule has 1 atom stereocenters. The molecular weight excluding hydrogens is 392 g/mol. The Morgan fingerprint density at radius 2 is 1.31 bits per heavy atom. The summed E-state index contributed by atoms with van der Waals surface area (Å²) in [4.78, 5) is 4.94. The Morgan fingerprint density at radius 1 is 0.719 bits per heavy atom. The van der Waals surface area contributed by atoms with Crippen LogP contribution in [-0.2, 0) is 4.74 Å². The van der Waals surface area contributed by atoms with Gasteiger partial charge in [-0.1, -0.05) is 51.8 Å². The number of hydrogen-bond donors (Lipinski definition) is 0. The minimum Gasteiger partial charge on any atom is -0.372 e. The van der Waals surface area contributed by atoms with Gasteiger partial charge in [0.05, 0.1) is 0 Å². The third-order valence-corrected chi connectivity index (χ3v) is 6.28. The highest BCUT2D eigenvalue weighted by molar-refractivity contribution is 5.53. The van der Waals surface area contributed by atoms with E-state index in [1.54, 1.807) is 0 Å². The molecule has 0 aliphatic carbocycles. The van der Waals surface area contributed by atoms with Gasteiger partial charge in [-0.15, -0.1) is 0 Å². The molecule has 1 unspecified atom stereocenters. The van der Waals surface area contributed by atoms with E-state index in [-0.39, 0.29) is 6.10 Å². The lowest BCUT2D eigenvalue weighted by atomic mass is 9.96. The van der Waals surface area contributed by atoms with Crippen molar-refractivity contribution in [2.45, 2.75) is 79.8 Å². The van der Waals surface area contributed by atoms with Gasteiger partial charge in [0, 0.05) is 44.2 Å². The number of hydrogen-bond acceptors (Lipinski definition) is 3. The van der Waals surface area contributed by atoms with Gasteiger partial charge in [0.15, 0.2) is 0 Å². The standard InChI is InChI=1S/C29H46N2O/c1-7-12-20-31(21-13-8-2)27-18-19-28(24(6)23-27)29(32-22-9-3)25-14-16-26(17-15-25)30(10-4)11-5/h14-19,23,29H,7-13,20-22H2,1-6H3. The van der Waals surface area contributed by atoms with Gasteiger partial charge in [-0.2, -0.15) is 0 Å². The summed E-state index contributed by atoms with van der Waals surface area (Å²) in [5.41, 5.74) is 6.46. The molecular formula is C29H46N2O. The first-order valence-corrected chi connectivity index (χ1v) is 12.9. The lowest BCUT2D eigenvalue weighted by Gasteiger charge is -2.27.